The fourth-order valence-corrected chi connectivity index (χ4v) is 2.97. The Morgan fingerprint density at radius 2 is 2.12 bits per heavy atom. The highest BCUT2D eigenvalue weighted by Gasteiger charge is 2.22. The summed E-state index contributed by atoms with van der Waals surface area (Å²) in [6, 6.07) is 3.99. The second-order valence-corrected chi connectivity index (χ2v) is 6.04. The van der Waals surface area contributed by atoms with E-state index in [1.807, 2.05) is 19.1 Å². The Morgan fingerprint density at radius 1 is 1.44 bits per heavy atom. The van der Waals surface area contributed by atoms with Crippen LogP contribution in [-0.2, 0) is 11.2 Å². The molecule has 0 aromatic carbocycles. The maximum absolute atomic E-state index is 6.18. The monoisotopic (exact) mass is 261 g/mol. The minimum atomic E-state index is 0.0367. The van der Waals surface area contributed by atoms with Crippen LogP contribution < -0.4 is 5.73 Å². The SMILES string of the molecule is CCOC(C(C)C)C(N)Cc1ccc(Cl)s1. The van der Waals surface area contributed by atoms with Crippen LogP contribution >= 0.6 is 22.9 Å². The van der Waals surface area contributed by atoms with Gasteiger partial charge in [0.1, 0.15) is 0 Å². The zero-order chi connectivity index (χ0) is 12.1. The van der Waals surface area contributed by atoms with E-state index in [4.69, 9.17) is 22.1 Å². The minimum Gasteiger partial charge on any atom is -0.377 e. The van der Waals surface area contributed by atoms with Crippen LogP contribution in [0.2, 0.25) is 4.34 Å². The van der Waals surface area contributed by atoms with Crippen molar-refractivity contribution in [3.05, 3.63) is 21.3 Å². The highest BCUT2D eigenvalue weighted by Crippen LogP contribution is 2.24. The van der Waals surface area contributed by atoms with Crippen molar-refractivity contribution in [3.63, 3.8) is 0 Å². The second kappa shape index (κ2) is 6.60. The molecule has 1 heterocycles. The number of nitrogens with two attached hydrogens (primary N) is 1. The quantitative estimate of drug-likeness (QED) is 0.853. The summed E-state index contributed by atoms with van der Waals surface area (Å²) >= 11 is 7.49. The molecule has 1 rings (SSSR count). The molecule has 16 heavy (non-hydrogen) atoms. The summed E-state index contributed by atoms with van der Waals surface area (Å²) in [7, 11) is 0. The summed E-state index contributed by atoms with van der Waals surface area (Å²) in [5, 5.41) is 0. The summed E-state index contributed by atoms with van der Waals surface area (Å²) in [4.78, 5) is 1.22. The lowest BCUT2D eigenvalue weighted by molar-refractivity contribution is 0.0129. The van der Waals surface area contributed by atoms with Gasteiger partial charge < -0.3 is 10.5 Å². The molecule has 0 saturated carbocycles. The van der Waals surface area contributed by atoms with Crippen LogP contribution in [0, 0.1) is 5.92 Å². The number of halogens is 1. The number of hydrogen-bond donors (Lipinski definition) is 1. The van der Waals surface area contributed by atoms with Gasteiger partial charge in [-0.1, -0.05) is 25.4 Å². The Labute approximate surface area is 107 Å². The maximum atomic E-state index is 6.18. The summed E-state index contributed by atoms with van der Waals surface area (Å²) in [5.74, 6) is 0.436. The van der Waals surface area contributed by atoms with Crippen molar-refractivity contribution in [2.45, 2.75) is 39.3 Å². The van der Waals surface area contributed by atoms with Crippen molar-refractivity contribution in [2.24, 2.45) is 11.7 Å². The smallest absolute Gasteiger partial charge is 0.0931 e. The van der Waals surface area contributed by atoms with Gasteiger partial charge in [0.15, 0.2) is 0 Å². The number of hydrogen-bond acceptors (Lipinski definition) is 3. The van der Waals surface area contributed by atoms with Gasteiger partial charge in [0.05, 0.1) is 10.4 Å². The van der Waals surface area contributed by atoms with Crippen LogP contribution in [0.3, 0.4) is 0 Å². The Balaban J connectivity index is 2.57. The van der Waals surface area contributed by atoms with Crippen molar-refractivity contribution in [2.75, 3.05) is 6.61 Å². The third kappa shape index (κ3) is 4.06. The van der Waals surface area contributed by atoms with E-state index in [2.05, 4.69) is 13.8 Å². The lowest BCUT2D eigenvalue weighted by atomic mass is 9.97. The second-order valence-electron chi connectivity index (χ2n) is 4.24. The predicted octanol–water partition coefficient (Wildman–Crippen LogP) is 3.33. The third-order valence-electron chi connectivity index (χ3n) is 2.50. The largest absolute Gasteiger partial charge is 0.377 e. The molecule has 0 aliphatic rings. The predicted molar refractivity (Wildman–Crippen MR) is 71.3 cm³/mol. The Kier molecular flexibility index (Phi) is 5.76. The van der Waals surface area contributed by atoms with E-state index in [1.165, 1.54) is 4.88 Å². The van der Waals surface area contributed by atoms with Crippen LogP contribution in [-0.4, -0.2) is 18.8 Å². The molecule has 0 fully saturated rings. The normalized spacial score (nSPS) is 15.4. The first kappa shape index (κ1) is 14.0. The summed E-state index contributed by atoms with van der Waals surface area (Å²) in [5.41, 5.74) is 6.18. The Bertz CT molecular complexity index is 314. The minimum absolute atomic E-state index is 0.0367. The first-order valence-electron chi connectivity index (χ1n) is 5.66. The van der Waals surface area contributed by atoms with Crippen molar-refractivity contribution < 1.29 is 4.74 Å². The first-order chi connectivity index (χ1) is 7.54. The molecule has 0 saturated heterocycles. The topological polar surface area (TPSA) is 35.2 Å². The molecule has 0 aliphatic heterocycles. The van der Waals surface area contributed by atoms with E-state index in [1.54, 1.807) is 11.3 Å². The highest BCUT2D eigenvalue weighted by molar-refractivity contribution is 7.16. The Hall–Kier alpha value is -0.0900. The number of ether oxygens (including phenoxy) is 1. The van der Waals surface area contributed by atoms with Gasteiger partial charge in [0.2, 0.25) is 0 Å². The van der Waals surface area contributed by atoms with Gasteiger partial charge in [-0.3, -0.25) is 0 Å². The van der Waals surface area contributed by atoms with Gasteiger partial charge in [0, 0.05) is 17.5 Å². The molecule has 92 valence electrons. The first-order valence-corrected chi connectivity index (χ1v) is 6.85. The molecule has 2 nitrogen and oxygen atoms in total. The van der Waals surface area contributed by atoms with Gasteiger partial charge in [-0.25, -0.2) is 0 Å². The molecule has 1 aromatic heterocycles. The standard InChI is InChI=1S/C12H20ClNOS/c1-4-15-12(8(2)3)10(14)7-9-5-6-11(13)16-9/h5-6,8,10,12H,4,7,14H2,1-3H3. The van der Waals surface area contributed by atoms with E-state index in [0.717, 1.165) is 10.8 Å². The number of thiophene rings is 1. The summed E-state index contributed by atoms with van der Waals surface area (Å²) < 4.78 is 6.51. The molecule has 2 N–H and O–H groups in total. The average Bonchev–Trinajstić information content (AvgIpc) is 2.59. The van der Waals surface area contributed by atoms with Crippen LogP contribution in [0.25, 0.3) is 0 Å². The van der Waals surface area contributed by atoms with Crippen LogP contribution in [0.5, 0.6) is 0 Å². The van der Waals surface area contributed by atoms with Crippen molar-refractivity contribution >= 4 is 22.9 Å². The zero-order valence-electron chi connectivity index (χ0n) is 10.1. The van der Waals surface area contributed by atoms with Crippen molar-refractivity contribution in [3.8, 4) is 0 Å². The van der Waals surface area contributed by atoms with Crippen LogP contribution in [0.4, 0.5) is 0 Å². The maximum Gasteiger partial charge on any atom is 0.0931 e. The Morgan fingerprint density at radius 3 is 2.56 bits per heavy atom. The lowest BCUT2D eigenvalue weighted by Gasteiger charge is -2.26. The zero-order valence-corrected chi connectivity index (χ0v) is 11.6. The molecule has 0 spiro atoms. The average molecular weight is 262 g/mol. The van der Waals surface area contributed by atoms with Crippen molar-refractivity contribution in [1.82, 2.24) is 0 Å². The fourth-order valence-electron chi connectivity index (χ4n) is 1.81. The molecular formula is C12H20ClNOS. The van der Waals surface area contributed by atoms with Crippen molar-refractivity contribution in [1.29, 1.82) is 0 Å². The molecule has 1 aromatic rings. The van der Waals surface area contributed by atoms with Gasteiger partial charge >= 0.3 is 0 Å². The molecule has 0 amide bonds. The van der Waals surface area contributed by atoms with E-state index in [0.29, 0.717) is 12.5 Å². The molecule has 0 aliphatic carbocycles. The van der Waals surface area contributed by atoms with E-state index < -0.39 is 0 Å². The third-order valence-corrected chi connectivity index (χ3v) is 3.76. The summed E-state index contributed by atoms with van der Waals surface area (Å²) in [6.45, 7) is 7.00. The van der Waals surface area contributed by atoms with E-state index >= 15 is 0 Å². The summed E-state index contributed by atoms with van der Waals surface area (Å²) in [6.07, 6.45) is 0.950. The molecule has 2 unspecified atom stereocenters. The van der Waals surface area contributed by atoms with Gasteiger partial charge in [-0.05, 0) is 31.4 Å². The fraction of sp³-hybridized carbons (Fsp3) is 0.667. The van der Waals surface area contributed by atoms with Crippen LogP contribution in [0.1, 0.15) is 25.6 Å². The van der Waals surface area contributed by atoms with Gasteiger partial charge in [0.25, 0.3) is 0 Å². The molecule has 4 heteroatoms. The van der Waals surface area contributed by atoms with Crippen LogP contribution in [0.15, 0.2) is 12.1 Å². The van der Waals surface area contributed by atoms with E-state index in [9.17, 15) is 0 Å². The molecule has 0 bridgehead atoms. The molecule has 0 radical (unpaired) electrons. The lowest BCUT2D eigenvalue weighted by Crippen LogP contribution is -2.41. The van der Waals surface area contributed by atoms with Gasteiger partial charge in [-0.15, -0.1) is 11.3 Å². The molecular weight excluding hydrogens is 242 g/mol. The molecule has 2 atom stereocenters. The van der Waals surface area contributed by atoms with E-state index in [-0.39, 0.29) is 12.1 Å². The highest BCUT2D eigenvalue weighted by atomic mass is 35.5. The number of rotatable bonds is 6. The van der Waals surface area contributed by atoms with Gasteiger partial charge in [-0.2, -0.15) is 0 Å².